The van der Waals surface area contributed by atoms with Crippen LogP contribution in [0.3, 0.4) is 0 Å². The van der Waals surface area contributed by atoms with Gasteiger partial charge in [0.1, 0.15) is 5.01 Å². The van der Waals surface area contributed by atoms with Gasteiger partial charge >= 0.3 is 0 Å². The molecule has 72 valence electrons. The van der Waals surface area contributed by atoms with Crippen LogP contribution in [0.25, 0.3) is 10.6 Å². The fourth-order valence-corrected chi connectivity index (χ4v) is 2.64. The number of rotatable bonds is 1. The molecule has 14 heavy (non-hydrogen) atoms. The number of nitrogens with two attached hydrogens (primary N) is 1. The Kier molecular flexibility index (Phi) is 2.71. The lowest BCUT2D eigenvalue weighted by molar-refractivity contribution is 1.34. The van der Waals surface area contributed by atoms with E-state index in [1.807, 2.05) is 12.1 Å². The number of aromatic nitrogens is 2. The van der Waals surface area contributed by atoms with Gasteiger partial charge in [-0.15, -0.1) is 0 Å². The van der Waals surface area contributed by atoms with E-state index in [2.05, 4.69) is 25.3 Å². The summed E-state index contributed by atoms with van der Waals surface area (Å²) in [7, 11) is 0. The molecule has 2 N–H and O–H groups in total. The monoisotopic (exact) mass is 289 g/mol. The molecule has 1 heterocycles. The zero-order valence-corrected chi connectivity index (χ0v) is 10.0. The summed E-state index contributed by atoms with van der Waals surface area (Å²) >= 11 is 10.5. The lowest BCUT2D eigenvalue weighted by atomic mass is 10.2. The molecular weight excluding hydrogens is 286 g/mol. The van der Waals surface area contributed by atoms with Crippen molar-refractivity contribution in [2.75, 3.05) is 5.73 Å². The summed E-state index contributed by atoms with van der Waals surface area (Å²) in [4.78, 5) is 4.08. The Morgan fingerprint density at radius 2 is 2.21 bits per heavy atom. The van der Waals surface area contributed by atoms with Gasteiger partial charge in [0, 0.05) is 15.1 Å². The van der Waals surface area contributed by atoms with Crippen molar-refractivity contribution in [1.82, 2.24) is 9.36 Å². The molecular formula is C8H5BrClN3S. The van der Waals surface area contributed by atoms with Gasteiger partial charge in [-0.1, -0.05) is 27.5 Å². The van der Waals surface area contributed by atoms with Gasteiger partial charge < -0.3 is 5.73 Å². The van der Waals surface area contributed by atoms with Crippen LogP contribution in [0, 0.1) is 0 Å². The number of nitrogens with zero attached hydrogens (tertiary/aromatic N) is 2. The molecule has 2 aromatic rings. The van der Waals surface area contributed by atoms with E-state index < -0.39 is 0 Å². The lowest BCUT2D eigenvalue weighted by Gasteiger charge is -1.99. The van der Waals surface area contributed by atoms with Crippen LogP contribution < -0.4 is 5.73 Å². The molecule has 0 aliphatic carbocycles. The highest BCUT2D eigenvalue weighted by Gasteiger charge is 2.08. The molecule has 0 spiro atoms. The van der Waals surface area contributed by atoms with Crippen LogP contribution >= 0.6 is 39.1 Å². The molecule has 1 aromatic heterocycles. The Morgan fingerprint density at radius 3 is 2.79 bits per heavy atom. The van der Waals surface area contributed by atoms with Crippen LogP contribution in [-0.4, -0.2) is 9.36 Å². The second kappa shape index (κ2) is 3.84. The van der Waals surface area contributed by atoms with Crippen LogP contribution in [-0.2, 0) is 0 Å². The van der Waals surface area contributed by atoms with Gasteiger partial charge in [-0.3, -0.25) is 0 Å². The Bertz CT molecular complexity index is 471. The van der Waals surface area contributed by atoms with Crippen LogP contribution in [0.5, 0.6) is 0 Å². The fourth-order valence-electron chi connectivity index (χ4n) is 1.01. The third-order valence-electron chi connectivity index (χ3n) is 1.60. The number of halogens is 2. The van der Waals surface area contributed by atoms with Crippen molar-refractivity contribution in [2.45, 2.75) is 0 Å². The van der Waals surface area contributed by atoms with Gasteiger partial charge in [0.05, 0.1) is 0 Å². The van der Waals surface area contributed by atoms with Crippen molar-refractivity contribution in [3.8, 4) is 10.6 Å². The number of nitrogen functional groups attached to an aromatic ring is 1. The van der Waals surface area contributed by atoms with E-state index in [1.54, 1.807) is 6.07 Å². The molecule has 0 fully saturated rings. The molecule has 6 heteroatoms. The minimum absolute atomic E-state index is 0.298. The lowest BCUT2D eigenvalue weighted by Crippen LogP contribution is -1.86. The highest BCUT2D eigenvalue weighted by atomic mass is 79.9. The molecule has 0 saturated heterocycles. The average molecular weight is 291 g/mol. The summed E-state index contributed by atoms with van der Waals surface area (Å²) in [5.41, 5.74) is 6.39. The first kappa shape index (κ1) is 9.89. The minimum Gasteiger partial charge on any atom is -0.367 e. The molecule has 0 bridgehead atoms. The second-order valence-electron chi connectivity index (χ2n) is 2.58. The Labute approximate surface area is 98.2 Å². The normalized spacial score (nSPS) is 10.4. The van der Waals surface area contributed by atoms with Gasteiger partial charge in [-0.25, -0.2) is 0 Å². The maximum absolute atomic E-state index is 5.82. The Morgan fingerprint density at radius 1 is 1.43 bits per heavy atom. The molecule has 0 radical (unpaired) electrons. The summed E-state index contributed by atoms with van der Waals surface area (Å²) < 4.78 is 4.80. The van der Waals surface area contributed by atoms with Crippen molar-refractivity contribution in [3.63, 3.8) is 0 Å². The zero-order valence-electron chi connectivity index (χ0n) is 6.87. The minimum atomic E-state index is 0.298. The van der Waals surface area contributed by atoms with Gasteiger partial charge in [0.15, 0.2) is 0 Å². The molecule has 0 saturated carbocycles. The number of anilines is 1. The van der Waals surface area contributed by atoms with Crippen molar-refractivity contribution in [2.24, 2.45) is 0 Å². The molecule has 0 aliphatic rings. The van der Waals surface area contributed by atoms with Crippen molar-refractivity contribution in [3.05, 3.63) is 27.7 Å². The Balaban J connectivity index is 2.52. The predicted molar refractivity (Wildman–Crippen MR) is 62.5 cm³/mol. The van der Waals surface area contributed by atoms with E-state index in [9.17, 15) is 0 Å². The van der Waals surface area contributed by atoms with Crippen LogP contribution in [0.15, 0.2) is 22.7 Å². The number of benzene rings is 1. The molecule has 3 nitrogen and oxygen atoms in total. The SMILES string of the molecule is Nc1nsc(-c2ccc(Cl)cc2Br)n1. The maximum atomic E-state index is 5.82. The molecule has 0 unspecified atom stereocenters. The third kappa shape index (κ3) is 1.89. The van der Waals surface area contributed by atoms with E-state index in [1.165, 1.54) is 11.5 Å². The third-order valence-corrected chi connectivity index (χ3v) is 3.26. The number of hydrogen-bond acceptors (Lipinski definition) is 4. The summed E-state index contributed by atoms with van der Waals surface area (Å²) in [6.45, 7) is 0. The first-order valence-corrected chi connectivity index (χ1v) is 5.66. The van der Waals surface area contributed by atoms with Gasteiger partial charge in [0.25, 0.3) is 0 Å². The smallest absolute Gasteiger partial charge is 0.232 e. The summed E-state index contributed by atoms with van der Waals surface area (Å²) in [6, 6.07) is 5.50. The zero-order chi connectivity index (χ0) is 10.1. The first-order chi connectivity index (χ1) is 6.66. The molecule has 0 aliphatic heterocycles. The molecule has 0 atom stereocenters. The summed E-state index contributed by atoms with van der Waals surface area (Å²) in [5.74, 6) is 0.298. The molecule has 1 aromatic carbocycles. The second-order valence-corrected chi connectivity index (χ2v) is 4.62. The van der Waals surface area contributed by atoms with Crippen molar-refractivity contribution < 1.29 is 0 Å². The Hall–Kier alpha value is -0.650. The highest BCUT2D eigenvalue weighted by Crippen LogP contribution is 2.31. The first-order valence-electron chi connectivity index (χ1n) is 3.71. The molecule has 2 rings (SSSR count). The van der Waals surface area contributed by atoms with Crippen molar-refractivity contribution in [1.29, 1.82) is 0 Å². The van der Waals surface area contributed by atoms with E-state index in [4.69, 9.17) is 17.3 Å². The molecule has 0 amide bonds. The average Bonchev–Trinajstić information content (AvgIpc) is 2.51. The summed E-state index contributed by atoms with van der Waals surface area (Å²) in [6.07, 6.45) is 0. The topological polar surface area (TPSA) is 51.8 Å². The fraction of sp³-hybridized carbons (Fsp3) is 0. The highest BCUT2D eigenvalue weighted by molar-refractivity contribution is 9.10. The van der Waals surface area contributed by atoms with Crippen molar-refractivity contribution >= 4 is 45.0 Å². The maximum Gasteiger partial charge on any atom is 0.232 e. The van der Waals surface area contributed by atoms with E-state index in [0.29, 0.717) is 11.0 Å². The summed E-state index contributed by atoms with van der Waals surface area (Å²) in [5, 5.41) is 1.46. The predicted octanol–water partition coefficient (Wildman–Crippen LogP) is 3.20. The largest absolute Gasteiger partial charge is 0.367 e. The standard InChI is InChI=1S/C8H5BrClN3S/c9-6-3-4(10)1-2-5(6)7-12-8(11)13-14-7/h1-3H,(H2,11,13). The number of hydrogen-bond donors (Lipinski definition) is 1. The van der Waals surface area contributed by atoms with E-state index in [-0.39, 0.29) is 0 Å². The van der Waals surface area contributed by atoms with E-state index in [0.717, 1.165) is 15.0 Å². The van der Waals surface area contributed by atoms with Crippen LogP contribution in [0.4, 0.5) is 5.95 Å². The van der Waals surface area contributed by atoms with Gasteiger partial charge in [0.2, 0.25) is 5.95 Å². The van der Waals surface area contributed by atoms with Gasteiger partial charge in [-0.2, -0.15) is 9.36 Å². The van der Waals surface area contributed by atoms with Gasteiger partial charge in [-0.05, 0) is 29.7 Å². The quantitative estimate of drug-likeness (QED) is 0.877. The van der Waals surface area contributed by atoms with E-state index >= 15 is 0 Å². The van der Waals surface area contributed by atoms with Crippen LogP contribution in [0.1, 0.15) is 0 Å². The van der Waals surface area contributed by atoms with Crippen LogP contribution in [0.2, 0.25) is 5.02 Å².